The average molecular weight is 336 g/mol. The van der Waals surface area contributed by atoms with Gasteiger partial charge in [-0.15, -0.1) is 0 Å². The minimum absolute atomic E-state index is 0.263. The normalized spacial score (nSPS) is 10.2. The van der Waals surface area contributed by atoms with Crippen molar-refractivity contribution in [3.8, 4) is 11.5 Å². The van der Waals surface area contributed by atoms with E-state index in [-0.39, 0.29) is 6.61 Å². The number of nitrogens with two attached hydrogens (primary N) is 1. The van der Waals surface area contributed by atoms with Crippen LogP contribution in [0.2, 0.25) is 5.02 Å². The molecule has 6 nitrogen and oxygen atoms in total. The molecule has 0 radical (unpaired) electrons. The van der Waals surface area contributed by atoms with E-state index in [1.165, 1.54) is 7.11 Å². The molecule has 0 saturated carbocycles. The van der Waals surface area contributed by atoms with Crippen molar-refractivity contribution in [2.45, 2.75) is 13.5 Å². The molecule has 1 aromatic heterocycles. The minimum Gasteiger partial charge on any atom is -0.493 e. The maximum absolute atomic E-state index is 10.8. The standard InChI is InChI=1S/C16H18ClN3O3/c1-10-4-3-5-19-16(10)20-8-11-6-12(17)15(13(7-11)22-2)23-9-14(18)21/h3-7H,8-9H2,1-2H3,(H2,18,21)(H,19,20). The summed E-state index contributed by atoms with van der Waals surface area (Å²) in [6, 6.07) is 7.38. The number of rotatable bonds is 7. The molecule has 2 rings (SSSR count). The van der Waals surface area contributed by atoms with Crippen LogP contribution in [-0.4, -0.2) is 24.6 Å². The van der Waals surface area contributed by atoms with Crippen LogP contribution < -0.4 is 20.5 Å². The number of methoxy groups -OCH3 is 1. The van der Waals surface area contributed by atoms with Crippen molar-refractivity contribution in [1.82, 2.24) is 4.98 Å². The number of halogens is 1. The number of primary amides is 1. The van der Waals surface area contributed by atoms with Crippen molar-refractivity contribution < 1.29 is 14.3 Å². The zero-order chi connectivity index (χ0) is 16.8. The topological polar surface area (TPSA) is 86.5 Å². The number of hydrogen-bond donors (Lipinski definition) is 2. The Bertz CT molecular complexity index is 707. The summed E-state index contributed by atoms with van der Waals surface area (Å²) in [4.78, 5) is 15.1. The van der Waals surface area contributed by atoms with Gasteiger partial charge in [-0.25, -0.2) is 4.98 Å². The first-order valence-electron chi connectivity index (χ1n) is 6.94. The molecule has 0 spiro atoms. The molecule has 7 heteroatoms. The van der Waals surface area contributed by atoms with Crippen LogP contribution in [0.1, 0.15) is 11.1 Å². The van der Waals surface area contributed by atoms with E-state index in [2.05, 4.69) is 10.3 Å². The Morgan fingerprint density at radius 3 is 2.87 bits per heavy atom. The quantitative estimate of drug-likeness (QED) is 0.812. The Kier molecular flexibility index (Phi) is 5.65. The van der Waals surface area contributed by atoms with Gasteiger partial charge in [0, 0.05) is 12.7 Å². The Morgan fingerprint density at radius 1 is 1.43 bits per heavy atom. The van der Waals surface area contributed by atoms with Crippen molar-refractivity contribution in [2.24, 2.45) is 5.73 Å². The highest BCUT2D eigenvalue weighted by Gasteiger charge is 2.13. The lowest BCUT2D eigenvalue weighted by molar-refractivity contribution is -0.119. The van der Waals surface area contributed by atoms with Gasteiger partial charge in [-0.1, -0.05) is 17.7 Å². The summed E-state index contributed by atoms with van der Waals surface area (Å²) < 4.78 is 10.6. The molecule has 0 bridgehead atoms. The van der Waals surface area contributed by atoms with Crippen LogP contribution in [-0.2, 0) is 11.3 Å². The van der Waals surface area contributed by atoms with Crippen molar-refractivity contribution in [2.75, 3.05) is 19.0 Å². The highest BCUT2D eigenvalue weighted by Crippen LogP contribution is 2.36. The van der Waals surface area contributed by atoms with Gasteiger partial charge >= 0.3 is 0 Å². The fourth-order valence-corrected chi connectivity index (χ4v) is 2.30. The number of nitrogens with zero attached hydrogens (tertiary/aromatic N) is 1. The van der Waals surface area contributed by atoms with Gasteiger partial charge in [0.15, 0.2) is 18.1 Å². The Morgan fingerprint density at radius 2 is 2.22 bits per heavy atom. The molecule has 1 amide bonds. The van der Waals surface area contributed by atoms with Crippen LogP contribution in [0.15, 0.2) is 30.5 Å². The van der Waals surface area contributed by atoms with Crippen LogP contribution in [0.4, 0.5) is 5.82 Å². The summed E-state index contributed by atoms with van der Waals surface area (Å²) in [5.74, 6) is 0.954. The van der Waals surface area contributed by atoms with E-state index in [1.807, 2.05) is 19.1 Å². The van der Waals surface area contributed by atoms with E-state index >= 15 is 0 Å². The Labute approximate surface area is 139 Å². The van der Waals surface area contributed by atoms with Crippen molar-refractivity contribution >= 4 is 23.3 Å². The largest absolute Gasteiger partial charge is 0.493 e. The van der Waals surface area contributed by atoms with E-state index in [0.29, 0.717) is 23.1 Å². The molecule has 0 unspecified atom stereocenters. The second kappa shape index (κ2) is 7.69. The first kappa shape index (κ1) is 16.9. The highest BCUT2D eigenvalue weighted by atomic mass is 35.5. The molecule has 1 heterocycles. The zero-order valence-corrected chi connectivity index (χ0v) is 13.7. The lowest BCUT2D eigenvalue weighted by Crippen LogP contribution is -2.20. The number of aromatic nitrogens is 1. The first-order chi connectivity index (χ1) is 11.0. The number of ether oxygens (including phenoxy) is 2. The zero-order valence-electron chi connectivity index (χ0n) is 12.9. The van der Waals surface area contributed by atoms with Crippen LogP contribution >= 0.6 is 11.6 Å². The van der Waals surface area contributed by atoms with E-state index in [0.717, 1.165) is 16.9 Å². The SMILES string of the molecule is COc1cc(CNc2ncccc2C)cc(Cl)c1OCC(N)=O. The highest BCUT2D eigenvalue weighted by molar-refractivity contribution is 6.32. The molecule has 0 fully saturated rings. The molecule has 1 aromatic carbocycles. The Balaban J connectivity index is 2.16. The molecule has 0 aliphatic rings. The first-order valence-corrected chi connectivity index (χ1v) is 7.32. The molecule has 122 valence electrons. The number of aryl methyl sites for hydroxylation is 1. The summed E-state index contributed by atoms with van der Waals surface area (Å²) >= 11 is 6.21. The van der Waals surface area contributed by atoms with Gasteiger partial charge in [-0.2, -0.15) is 0 Å². The predicted octanol–water partition coefficient (Wildman–Crippen LogP) is 2.53. The maximum Gasteiger partial charge on any atom is 0.255 e. The van der Waals surface area contributed by atoms with Crippen molar-refractivity contribution in [3.05, 3.63) is 46.6 Å². The number of nitrogens with one attached hydrogen (secondary N) is 1. The smallest absolute Gasteiger partial charge is 0.255 e. The fraction of sp³-hybridized carbons (Fsp3) is 0.250. The van der Waals surface area contributed by atoms with Crippen molar-refractivity contribution in [3.63, 3.8) is 0 Å². The van der Waals surface area contributed by atoms with Gasteiger partial charge < -0.3 is 20.5 Å². The number of anilines is 1. The number of benzene rings is 1. The number of pyridine rings is 1. The van der Waals surface area contributed by atoms with Gasteiger partial charge in [-0.05, 0) is 36.2 Å². The third kappa shape index (κ3) is 4.50. The van der Waals surface area contributed by atoms with Gasteiger partial charge in [0.05, 0.1) is 12.1 Å². The summed E-state index contributed by atoms with van der Waals surface area (Å²) in [6.45, 7) is 2.23. The summed E-state index contributed by atoms with van der Waals surface area (Å²) in [7, 11) is 1.50. The number of carbonyl (C=O) groups excluding carboxylic acids is 1. The number of amides is 1. The second-order valence-electron chi connectivity index (χ2n) is 4.89. The van der Waals surface area contributed by atoms with E-state index < -0.39 is 5.91 Å². The van der Waals surface area contributed by atoms with Crippen molar-refractivity contribution in [1.29, 1.82) is 0 Å². The average Bonchev–Trinajstić information content (AvgIpc) is 2.52. The third-order valence-corrected chi connectivity index (χ3v) is 3.40. The van der Waals surface area contributed by atoms with Gasteiger partial charge in [0.1, 0.15) is 5.82 Å². The van der Waals surface area contributed by atoms with Crippen LogP contribution in [0, 0.1) is 6.92 Å². The summed E-state index contributed by atoms with van der Waals surface area (Å²) in [5, 5.41) is 3.58. The van der Waals surface area contributed by atoms with Crippen LogP contribution in [0.5, 0.6) is 11.5 Å². The summed E-state index contributed by atoms with van der Waals surface area (Å²) in [5.41, 5.74) is 7.01. The van der Waals surface area contributed by atoms with Gasteiger partial charge in [0.2, 0.25) is 0 Å². The Hall–Kier alpha value is -2.47. The van der Waals surface area contributed by atoms with Crippen LogP contribution in [0.3, 0.4) is 0 Å². The van der Waals surface area contributed by atoms with Crippen LogP contribution in [0.25, 0.3) is 0 Å². The molecule has 0 aliphatic heterocycles. The lowest BCUT2D eigenvalue weighted by atomic mass is 10.2. The molecular weight excluding hydrogens is 318 g/mol. The molecule has 0 saturated heterocycles. The minimum atomic E-state index is -0.584. The monoisotopic (exact) mass is 335 g/mol. The maximum atomic E-state index is 10.8. The van der Waals surface area contributed by atoms with E-state index in [4.69, 9.17) is 26.8 Å². The molecule has 0 aliphatic carbocycles. The number of hydrogen-bond acceptors (Lipinski definition) is 5. The third-order valence-electron chi connectivity index (χ3n) is 3.12. The molecular formula is C16H18ClN3O3. The van der Waals surface area contributed by atoms with Gasteiger partial charge in [-0.3, -0.25) is 4.79 Å². The van der Waals surface area contributed by atoms with Gasteiger partial charge in [0.25, 0.3) is 5.91 Å². The van der Waals surface area contributed by atoms with E-state index in [9.17, 15) is 4.79 Å². The second-order valence-corrected chi connectivity index (χ2v) is 5.29. The van der Waals surface area contributed by atoms with E-state index in [1.54, 1.807) is 18.3 Å². The predicted molar refractivity (Wildman–Crippen MR) is 89.0 cm³/mol. The lowest BCUT2D eigenvalue weighted by Gasteiger charge is -2.14. The fourth-order valence-electron chi connectivity index (χ4n) is 2.02. The molecule has 0 atom stereocenters. The molecule has 23 heavy (non-hydrogen) atoms. The summed E-state index contributed by atoms with van der Waals surface area (Å²) in [6.07, 6.45) is 1.73. The molecule has 3 N–H and O–H groups in total. The molecule has 2 aromatic rings. The number of carbonyl (C=O) groups is 1.